The molecular weight excluding hydrogens is 484 g/mol. The number of hydrogen-bond acceptors (Lipinski definition) is 7. The van der Waals surface area contributed by atoms with Gasteiger partial charge >= 0.3 is 5.97 Å². The summed E-state index contributed by atoms with van der Waals surface area (Å²) in [5, 5.41) is 4.50. The van der Waals surface area contributed by atoms with Crippen molar-refractivity contribution in [1.29, 1.82) is 0 Å². The molecule has 1 amide bonds. The van der Waals surface area contributed by atoms with Gasteiger partial charge in [0.05, 0.1) is 23.8 Å². The first-order chi connectivity index (χ1) is 16.9. The number of para-hydroxylation sites is 1. The first-order valence-corrected chi connectivity index (χ1v) is 12.2. The molecule has 3 heterocycles. The second kappa shape index (κ2) is 9.47. The van der Waals surface area contributed by atoms with Gasteiger partial charge in [-0.1, -0.05) is 18.2 Å². The van der Waals surface area contributed by atoms with E-state index in [-0.39, 0.29) is 11.0 Å². The summed E-state index contributed by atoms with van der Waals surface area (Å²) in [7, 11) is 1.36. The standard InChI is InChI=1S/C25H22N4O4S2/c1-13-10-11-19(33-13)18-12-16(14-6-3-4-8-17(14)26-18)22(30)28-29-25(34)27-23-21(24(31)32-2)15-7-5-9-20(15)35-23/h3-4,6,8,10-12H,5,7,9H2,1-2H3,(H,28,30)(H2,27,29,34). The second-order valence-corrected chi connectivity index (χ2v) is 9.58. The molecule has 0 saturated carbocycles. The minimum atomic E-state index is -0.400. The Bertz CT molecular complexity index is 1470. The molecule has 3 aromatic heterocycles. The summed E-state index contributed by atoms with van der Waals surface area (Å²) in [4.78, 5) is 31.3. The van der Waals surface area contributed by atoms with Gasteiger partial charge in [0.15, 0.2) is 10.9 Å². The molecule has 5 rings (SSSR count). The van der Waals surface area contributed by atoms with Crippen molar-refractivity contribution in [3.63, 3.8) is 0 Å². The van der Waals surface area contributed by atoms with Crippen LogP contribution < -0.4 is 16.2 Å². The van der Waals surface area contributed by atoms with E-state index < -0.39 is 5.97 Å². The van der Waals surface area contributed by atoms with Gasteiger partial charge in [-0.15, -0.1) is 11.3 Å². The van der Waals surface area contributed by atoms with E-state index in [0.29, 0.717) is 38.5 Å². The van der Waals surface area contributed by atoms with E-state index >= 15 is 0 Å². The number of furan rings is 1. The summed E-state index contributed by atoms with van der Waals surface area (Å²) in [5.41, 5.74) is 8.55. The quantitative estimate of drug-likeness (QED) is 0.207. The summed E-state index contributed by atoms with van der Waals surface area (Å²) in [5.74, 6) is 0.542. The molecule has 35 heavy (non-hydrogen) atoms. The van der Waals surface area contributed by atoms with E-state index in [2.05, 4.69) is 21.2 Å². The lowest BCUT2D eigenvalue weighted by Gasteiger charge is -2.13. The smallest absolute Gasteiger partial charge is 0.341 e. The van der Waals surface area contributed by atoms with E-state index in [9.17, 15) is 9.59 Å². The molecule has 1 aromatic carbocycles. The summed E-state index contributed by atoms with van der Waals surface area (Å²) in [6.07, 6.45) is 2.78. The van der Waals surface area contributed by atoms with Gasteiger partial charge in [-0.3, -0.25) is 15.6 Å². The number of benzene rings is 1. The highest BCUT2D eigenvalue weighted by atomic mass is 32.1. The number of rotatable bonds is 4. The van der Waals surface area contributed by atoms with Crippen LogP contribution in [0.2, 0.25) is 0 Å². The molecule has 0 atom stereocenters. The molecule has 10 heteroatoms. The first kappa shape index (κ1) is 23.0. The van der Waals surface area contributed by atoms with Gasteiger partial charge in [-0.2, -0.15) is 0 Å². The Labute approximate surface area is 210 Å². The van der Waals surface area contributed by atoms with Crippen molar-refractivity contribution in [2.24, 2.45) is 0 Å². The molecule has 0 unspecified atom stereocenters. The van der Waals surface area contributed by atoms with Crippen LogP contribution in [0.4, 0.5) is 5.00 Å². The molecule has 1 aliphatic carbocycles. The Kier molecular flexibility index (Phi) is 6.23. The van der Waals surface area contributed by atoms with Crippen molar-refractivity contribution in [3.8, 4) is 11.5 Å². The van der Waals surface area contributed by atoms with Crippen LogP contribution in [0.5, 0.6) is 0 Å². The average molecular weight is 507 g/mol. The summed E-state index contributed by atoms with van der Waals surface area (Å²) in [6.45, 7) is 1.85. The zero-order chi connectivity index (χ0) is 24.5. The number of hydrazine groups is 1. The normalized spacial score (nSPS) is 12.3. The molecular formula is C25H22N4O4S2. The molecule has 0 saturated heterocycles. The van der Waals surface area contributed by atoms with E-state index in [1.807, 2.05) is 43.3 Å². The lowest BCUT2D eigenvalue weighted by Crippen LogP contribution is -2.43. The number of hydrogen-bond donors (Lipinski definition) is 3. The van der Waals surface area contributed by atoms with Crippen molar-refractivity contribution < 1.29 is 18.7 Å². The van der Waals surface area contributed by atoms with Crippen LogP contribution >= 0.6 is 23.6 Å². The number of carbonyl (C=O) groups is 2. The van der Waals surface area contributed by atoms with Crippen molar-refractivity contribution >= 4 is 56.4 Å². The number of nitrogens with one attached hydrogen (secondary N) is 3. The third-order valence-electron chi connectivity index (χ3n) is 5.78. The molecule has 0 spiro atoms. The zero-order valence-corrected chi connectivity index (χ0v) is 20.7. The van der Waals surface area contributed by atoms with Gasteiger partial charge in [0.2, 0.25) is 0 Å². The van der Waals surface area contributed by atoms with E-state index in [1.165, 1.54) is 18.4 Å². The van der Waals surface area contributed by atoms with Crippen LogP contribution in [0.1, 0.15) is 43.3 Å². The highest BCUT2D eigenvalue weighted by molar-refractivity contribution is 7.80. The monoisotopic (exact) mass is 506 g/mol. The molecule has 0 radical (unpaired) electrons. The maximum atomic E-state index is 13.1. The highest BCUT2D eigenvalue weighted by Gasteiger charge is 2.27. The number of carbonyl (C=O) groups excluding carboxylic acids is 2. The Morgan fingerprint density at radius 1 is 1.14 bits per heavy atom. The zero-order valence-electron chi connectivity index (χ0n) is 19.1. The minimum absolute atomic E-state index is 0.156. The topological polar surface area (TPSA) is 105 Å². The summed E-state index contributed by atoms with van der Waals surface area (Å²) in [6, 6.07) is 12.7. The van der Waals surface area contributed by atoms with Crippen LogP contribution in [-0.4, -0.2) is 29.1 Å². The van der Waals surface area contributed by atoms with E-state index in [0.717, 1.165) is 35.5 Å². The van der Waals surface area contributed by atoms with Crippen molar-refractivity contribution in [2.45, 2.75) is 26.2 Å². The SMILES string of the molecule is COC(=O)c1c(NC(=S)NNC(=O)c2cc(-c3ccc(C)o3)nc3ccccc23)sc2c1CCC2. The van der Waals surface area contributed by atoms with Gasteiger partial charge in [0, 0.05) is 10.3 Å². The Balaban J connectivity index is 1.35. The molecule has 0 bridgehead atoms. The molecule has 0 fully saturated rings. The Morgan fingerprint density at radius 3 is 2.74 bits per heavy atom. The van der Waals surface area contributed by atoms with Crippen molar-refractivity contribution in [1.82, 2.24) is 15.8 Å². The van der Waals surface area contributed by atoms with E-state index in [4.69, 9.17) is 21.4 Å². The predicted octanol–water partition coefficient (Wildman–Crippen LogP) is 4.77. The fourth-order valence-electron chi connectivity index (χ4n) is 4.19. The molecule has 3 N–H and O–H groups in total. The van der Waals surface area contributed by atoms with Crippen LogP contribution in [0.25, 0.3) is 22.4 Å². The van der Waals surface area contributed by atoms with Gasteiger partial charge in [0.25, 0.3) is 5.91 Å². The predicted molar refractivity (Wildman–Crippen MR) is 139 cm³/mol. The highest BCUT2D eigenvalue weighted by Crippen LogP contribution is 2.39. The van der Waals surface area contributed by atoms with Crippen molar-refractivity contribution in [2.75, 3.05) is 12.4 Å². The van der Waals surface area contributed by atoms with Gasteiger partial charge in [0.1, 0.15) is 16.5 Å². The van der Waals surface area contributed by atoms with Crippen LogP contribution in [-0.2, 0) is 17.6 Å². The van der Waals surface area contributed by atoms with Crippen LogP contribution in [0.3, 0.4) is 0 Å². The molecule has 4 aromatic rings. The third-order valence-corrected chi connectivity index (χ3v) is 7.19. The molecule has 1 aliphatic rings. The molecule has 178 valence electrons. The third kappa shape index (κ3) is 4.50. The number of amides is 1. The first-order valence-electron chi connectivity index (χ1n) is 11.0. The summed E-state index contributed by atoms with van der Waals surface area (Å²) < 4.78 is 10.7. The number of thiophene rings is 1. The number of aryl methyl sites for hydroxylation is 2. The number of methoxy groups -OCH3 is 1. The largest absolute Gasteiger partial charge is 0.465 e. The minimum Gasteiger partial charge on any atom is -0.465 e. The maximum absolute atomic E-state index is 13.1. The number of aromatic nitrogens is 1. The number of anilines is 1. The van der Waals surface area contributed by atoms with Gasteiger partial charge in [-0.05, 0) is 68.2 Å². The van der Waals surface area contributed by atoms with Gasteiger partial charge in [-0.25, -0.2) is 9.78 Å². The fraction of sp³-hybridized carbons (Fsp3) is 0.200. The Morgan fingerprint density at radius 2 is 1.97 bits per heavy atom. The van der Waals surface area contributed by atoms with Crippen molar-refractivity contribution in [3.05, 3.63) is 69.8 Å². The number of fused-ring (bicyclic) bond motifs is 2. The second-order valence-electron chi connectivity index (χ2n) is 8.07. The molecule has 8 nitrogen and oxygen atoms in total. The Hall–Kier alpha value is -3.76. The lowest BCUT2D eigenvalue weighted by molar-refractivity contribution is 0.0601. The summed E-state index contributed by atoms with van der Waals surface area (Å²) >= 11 is 6.87. The fourth-order valence-corrected chi connectivity index (χ4v) is 5.69. The maximum Gasteiger partial charge on any atom is 0.341 e. The number of pyridine rings is 1. The average Bonchev–Trinajstić information content (AvgIpc) is 3.57. The lowest BCUT2D eigenvalue weighted by atomic mass is 10.1. The number of nitrogens with zero attached hydrogens (tertiary/aromatic N) is 1. The number of esters is 1. The number of ether oxygens (including phenoxy) is 1. The molecule has 0 aliphatic heterocycles. The number of thiocarbonyl (C=S) groups is 1. The van der Waals surface area contributed by atoms with E-state index in [1.54, 1.807) is 6.07 Å². The van der Waals surface area contributed by atoms with Crippen LogP contribution in [0, 0.1) is 6.92 Å². The van der Waals surface area contributed by atoms with Gasteiger partial charge < -0.3 is 14.5 Å². The van der Waals surface area contributed by atoms with Crippen LogP contribution in [0.15, 0.2) is 46.9 Å².